The van der Waals surface area contributed by atoms with Crippen molar-refractivity contribution in [3.63, 3.8) is 0 Å². The van der Waals surface area contributed by atoms with Crippen molar-refractivity contribution in [3.8, 4) is 5.75 Å². The highest BCUT2D eigenvalue weighted by atomic mass is 79.9. The minimum atomic E-state index is 0.108. The maximum atomic E-state index is 6.05. The first-order chi connectivity index (χ1) is 9.44. The van der Waals surface area contributed by atoms with Crippen molar-refractivity contribution in [3.05, 3.63) is 28.2 Å². The fraction of sp³-hybridized carbons (Fsp3) is 0.625. The summed E-state index contributed by atoms with van der Waals surface area (Å²) in [5.41, 5.74) is 1.33. The van der Waals surface area contributed by atoms with Crippen LogP contribution in [-0.2, 0) is 11.3 Å². The number of hydrogen-bond donors (Lipinski definition) is 1. The van der Waals surface area contributed by atoms with Crippen LogP contribution in [0.2, 0.25) is 0 Å². The lowest BCUT2D eigenvalue weighted by atomic mass is 10.1. The van der Waals surface area contributed by atoms with Crippen molar-refractivity contribution in [2.45, 2.75) is 51.8 Å². The van der Waals surface area contributed by atoms with Gasteiger partial charge in [0, 0.05) is 29.4 Å². The highest BCUT2D eigenvalue weighted by Gasteiger charge is 2.16. The van der Waals surface area contributed by atoms with Crippen LogP contribution in [0.1, 0.15) is 39.2 Å². The Morgan fingerprint density at radius 1 is 1.30 bits per heavy atom. The van der Waals surface area contributed by atoms with E-state index in [1.165, 1.54) is 5.56 Å². The molecule has 1 saturated heterocycles. The molecule has 1 aliphatic rings. The summed E-state index contributed by atoms with van der Waals surface area (Å²) in [6, 6.07) is 6.22. The quantitative estimate of drug-likeness (QED) is 0.900. The van der Waals surface area contributed by atoms with E-state index in [-0.39, 0.29) is 11.6 Å². The molecule has 0 spiro atoms. The molecule has 0 amide bonds. The summed E-state index contributed by atoms with van der Waals surface area (Å²) in [6.07, 6.45) is 2.24. The number of nitrogens with one attached hydrogen (secondary N) is 1. The van der Waals surface area contributed by atoms with Crippen LogP contribution in [0.3, 0.4) is 0 Å². The topological polar surface area (TPSA) is 30.5 Å². The molecule has 112 valence electrons. The highest BCUT2D eigenvalue weighted by Crippen LogP contribution is 2.25. The molecule has 1 aromatic carbocycles. The smallest absolute Gasteiger partial charge is 0.120 e. The average Bonchev–Trinajstić information content (AvgIpc) is 2.40. The predicted molar refractivity (Wildman–Crippen MR) is 85.2 cm³/mol. The van der Waals surface area contributed by atoms with Crippen LogP contribution in [-0.4, -0.2) is 24.9 Å². The van der Waals surface area contributed by atoms with Gasteiger partial charge < -0.3 is 14.8 Å². The first-order valence-corrected chi connectivity index (χ1v) is 8.01. The van der Waals surface area contributed by atoms with Crippen LogP contribution in [0.5, 0.6) is 5.75 Å². The Morgan fingerprint density at radius 2 is 2.00 bits per heavy atom. The van der Waals surface area contributed by atoms with E-state index in [1.54, 1.807) is 0 Å². The zero-order valence-electron chi connectivity index (χ0n) is 12.5. The van der Waals surface area contributed by atoms with Crippen LogP contribution in [0.4, 0.5) is 0 Å². The Labute approximate surface area is 130 Å². The molecule has 1 aromatic rings. The molecule has 1 fully saturated rings. The standard InChI is InChI=1S/C16H24BrNO2/c1-16(2,3)18-11-12-10-14(4-5-15(12)17)20-13-6-8-19-9-7-13/h4-5,10,13,18H,6-9,11H2,1-3H3. The first kappa shape index (κ1) is 15.8. The van der Waals surface area contributed by atoms with Gasteiger partial charge in [-0.25, -0.2) is 0 Å². The average molecular weight is 342 g/mol. The minimum Gasteiger partial charge on any atom is -0.490 e. The summed E-state index contributed by atoms with van der Waals surface area (Å²) in [5, 5.41) is 3.50. The van der Waals surface area contributed by atoms with Gasteiger partial charge in [0.25, 0.3) is 0 Å². The van der Waals surface area contributed by atoms with Crippen molar-refractivity contribution >= 4 is 15.9 Å². The maximum Gasteiger partial charge on any atom is 0.120 e. The molecule has 1 heterocycles. The molecule has 0 aliphatic carbocycles. The van der Waals surface area contributed by atoms with Crippen molar-refractivity contribution in [1.29, 1.82) is 0 Å². The van der Waals surface area contributed by atoms with Gasteiger partial charge in [-0.2, -0.15) is 0 Å². The number of hydrogen-bond acceptors (Lipinski definition) is 3. The lowest BCUT2D eigenvalue weighted by molar-refractivity contribution is 0.0255. The van der Waals surface area contributed by atoms with Crippen LogP contribution in [0.15, 0.2) is 22.7 Å². The van der Waals surface area contributed by atoms with Crippen molar-refractivity contribution in [2.24, 2.45) is 0 Å². The van der Waals surface area contributed by atoms with E-state index in [0.29, 0.717) is 0 Å². The monoisotopic (exact) mass is 341 g/mol. The van der Waals surface area contributed by atoms with Gasteiger partial charge in [-0.3, -0.25) is 0 Å². The Balaban J connectivity index is 1.99. The summed E-state index contributed by atoms with van der Waals surface area (Å²) in [4.78, 5) is 0. The molecular formula is C16H24BrNO2. The van der Waals surface area contributed by atoms with Crippen LogP contribution >= 0.6 is 15.9 Å². The van der Waals surface area contributed by atoms with Gasteiger partial charge in [0.15, 0.2) is 0 Å². The van der Waals surface area contributed by atoms with Gasteiger partial charge in [-0.15, -0.1) is 0 Å². The molecule has 0 radical (unpaired) electrons. The summed E-state index contributed by atoms with van der Waals surface area (Å²) >= 11 is 3.61. The number of halogens is 1. The van der Waals surface area contributed by atoms with E-state index >= 15 is 0 Å². The van der Waals surface area contributed by atoms with E-state index in [1.807, 2.05) is 6.07 Å². The van der Waals surface area contributed by atoms with Crippen LogP contribution in [0.25, 0.3) is 0 Å². The van der Waals surface area contributed by atoms with Gasteiger partial charge in [0.1, 0.15) is 11.9 Å². The Hall–Kier alpha value is -0.580. The zero-order valence-corrected chi connectivity index (χ0v) is 14.1. The highest BCUT2D eigenvalue weighted by molar-refractivity contribution is 9.10. The van der Waals surface area contributed by atoms with E-state index in [0.717, 1.165) is 42.8 Å². The largest absolute Gasteiger partial charge is 0.490 e. The molecule has 1 N–H and O–H groups in total. The Kier molecular flexibility index (Phi) is 5.47. The zero-order chi connectivity index (χ0) is 14.6. The van der Waals surface area contributed by atoms with Gasteiger partial charge in [-0.1, -0.05) is 15.9 Å². The van der Waals surface area contributed by atoms with E-state index in [2.05, 4.69) is 54.2 Å². The second-order valence-corrected chi connectivity index (χ2v) is 7.14. The normalized spacial score (nSPS) is 17.2. The third-order valence-electron chi connectivity index (χ3n) is 3.30. The Bertz CT molecular complexity index is 437. The summed E-state index contributed by atoms with van der Waals surface area (Å²) < 4.78 is 12.5. The third-order valence-corrected chi connectivity index (χ3v) is 4.07. The maximum absolute atomic E-state index is 6.05. The lowest BCUT2D eigenvalue weighted by Crippen LogP contribution is -2.35. The van der Waals surface area contributed by atoms with Crippen LogP contribution in [0, 0.1) is 0 Å². The van der Waals surface area contributed by atoms with E-state index in [4.69, 9.17) is 9.47 Å². The molecule has 4 heteroatoms. The van der Waals surface area contributed by atoms with E-state index < -0.39 is 0 Å². The SMILES string of the molecule is CC(C)(C)NCc1cc(OC2CCOCC2)ccc1Br. The molecule has 20 heavy (non-hydrogen) atoms. The molecule has 0 aromatic heterocycles. The van der Waals surface area contributed by atoms with Gasteiger partial charge in [0.2, 0.25) is 0 Å². The van der Waals surface area contributed by atoms with Crippen molar-refractivity contribution in [2.75, 3.05) is 13.2 Å². The molecule has 2 rings (SSSR count). The molecule has 0 atom stereocenters. The Morgan fingerprint density at radius 3 is 2.65 bits per heavy atom. The third kappa shape index (κ3) is 5.08. The first-order valence-electron chi connectivity index (χ1n) is 7.22. The second-order valence-electron chi connectivity index (χ2n) is 6.29. The van der Waals surface area contributed by atoms with Crippen LogP contribution < -0.4 is 10.1 Å². The molecule has 0 bridgehead atoms. The number of ether oxygens (including phenoxy) is 2. The lowest BCUT2D eigenvalue weighted by Gasteiger charge is -2.24. The number of benzene rings is 1. The second kappa shape index (κ2) is 6.92. The molecule has 3 nitrogen and oxygen atoms in total. The predicted octanol–water partition coefficient (Wildman–Crippen LogP) is 3.90. The minimum absolute atomic E-state index is 0.108. The van der Waals surface area contributed by atoms with Crippen molar-refractivity contribution < 1.29 is 9.47 Å². The summed E-state index contributed by atoms with van der Waals surface area (Å²) in [5.74, 6) is 0.950. The van der Waals surface area contributed by atoms with Crippen molar-refractivity contribution in [1.82, 2.24) is 5.32 Å². The van der Waals surface area contributed by atoms with Gasteiger partial charge >= 0.3 is 0 Å². The fourth-order valence-electron chi connectivity index (χ4n) is 2.11. The summed E-state index contributed by atoms with van der Waals surface area (Å²) in [7, 11) is 0. The van der Waals surface area contributed by atoms with Gasteiger partial charge in [0.05, 0.1) is 13.2 Å². The van der Waals surface area contributed by atoms with E-state index in [9.17, 15) is 0 Å². The fourth-order valence-corrected chi connectivity index (χ4v) is 2.49. The molecule has 1 aliphatic heterocycles. The summed E-state index contributed by atoms with van der Waals surface area (Å²) in [6.45, 7) is 8.95. The molecular weight excluding hydrogens is 318 g/mol. The van der Waals surface area contributed by atoms with Gasteiger partial charge in [-0.05, 0) is 44.5 Å². The molecule has 0 unspecified atom stereocenters. The number of rotatable bonds is 4. The molecule has 0 saturated carbocycles.